The summed E-state index contributed by atoms with van der Waals surface area (Å²) in [6.45, 7) is 3.69. The number of aliphatic carboxylic acids is 1. The Morgan fingerprint density at radius 1 is 1.36 bits per heavy atom. The molecule has 9 nitrogen and oxygen atoms in total. The van der Waals surface area contributed by atoms with Crippen molar-refractivity contribution in [2.24, 2.45) is 5.92 Å². The van der Waals surface area contributed by atoms with E-state index < -0.39 is 17.9 Å². The number of hydrogen-bond donors (Lipinski definition) is 2. The number of amides is 2. The van der Waals surface area contributed by atoms with Crippen LogP contribution in [0.15, 0.2) is 6.20 Å². The lowest BCUT2D eigenvalue weighted by molar-refractivity contribution is -0.139. The first kappa shape index (κ1) is 17.6. The van der Waals surface area contributed by atoms with Gasteiger partial charge in [-0.1, -0.05) is 19.1 Å². The summed E-state index contributed by atoms with van der Waals surface area (Å²) < 4.78 is 1.23. The Morgan fingerprint density at radius 2 is 2.00 bits per heavy atom. The lowest BCUT2D eigenvalue weighted by atomic mass is 10.0. The van der Waals surface area contributed by atoms with E-state index in [9.17, 15) is 14.4 Å². The summed E-state index contributed by atoms with van der Waals surface area (Å²) in [4.78, 5) is 36.0. The molecule has 0 fully saturated rings. The topological polar surface area (TPSA) is 117 Å². The fourth-order valence-electron chi connectivity index (χ4n) is 1.68. The van der Waals surface area contributed by atoms with Gasteiger partial charge in [0, 0.05) is 14.1 Å². The van der Waals surface area contributed by atoms with Crippen LogP contribution in [0.3, 0.4) is 0 Å². The molecule has 22 heavy (non-hydrogen) atoms. The molecular formula is C13H21N5O4. The minimum atomic E-state index is -1.10. The van der Waals surface area contributed by atoms with Crippen molar-refractivity contribution < 1.29 is 19.5 Å². The number of aromatic nitrogens is 3. The van der Waals surface area contributed by atoms with Crippen molar-refractivity contribution in [1.29, 1.82) is 0 Å². The van der Waals surface area contributed by atoms with Crippen LogP contribution in [0, 0.1) is 5.92 Å². The van der Waals surface area contributed by atoms with Crippen LogP contribution in [0.4, 0.5) is 0 Å². The van der Waals surface area contributed by atoms with Crippen LogP contribution in [-0.4, -0.2) is 62.9 Å². The summed E-state index contributed by atoms with van der Waals surface area (Å²) in [5.74, 6) is -1.80. The monoisotopic (exact) mass is 311 g/mol. The van der Waals surface area contributed by atoms with E-state index in [-0.39, 0.29) is 24.1 Å². The van der Waals surface area contributed by atoms with Crippen LogP contribution in [0.1, 0.15) is 30.8 Å². The molecule has 0 aromatic carbocycles. The fraction of sp³-hybridized carbons (Fsp3) is 0.615. The van der Waals surface area contributed by atoms with Gasteiger partial charge in [0.15, 0.2) is 5.69 Å². The van der Waals surface area contributed by atoms with Crippen molar-refractivity contribution in [3.8, 4) is 0 Å². The third kappa shape index (κ3) is 5.15. The summed E-state index contributed by atoms with van der Waals surface area (Å²) in [6, 6.07) is -0.985. The summed E-state index contributed by atoms with van der Waals surface area (Å²) in [6.07, 6.45) is 1.62. The molecule has 2 amide bonds. The van der Waals surface area contributed by atoms with Crippen molar-refractivity contribution >= 4 is 17.8 Å². The standard InChI is InChI=1S/C13H21N5O4/c1-8(2)5-9(13(21)22)14-12(20)10-6-18(16-15-10)7-11(19)17(3)4/h6,8-9H,5,7H2,1-4H3,(H,14,20)(H,21,22)/t9-/m1/s1. The average molecular weight is 311 g/mol. The van der Waals surface area contributed by atoms with Gasteiger partial charge in [-0.2, -0.15) is 0 Å². The Hall–Kier alpha value is -2.45. The molecule has 0 aliphatic carbocycles. The largest absolute Gasteiger partial charge is 0.480 e. The summed E-state index contributed by atoms with van der Waals surface area (Å²) >= 11 is 0. The number of carboxylic acids is 1. The van der Waals surface area contributed by atoms with Crippen molar-refractivity contribution in [3.63, 3.8) is 0 Å². The Labute approximate surface area is 128 Å². The molecule has 0 saturated heterocycles. The lowest BCUT2D eigenvalue weighted by Gasteiger charge is -2.15. The molecule has 0 aliphatic heterocycles. The second-order valence-corrected chi connectivity index (χ2v) is 5.58. The third-order valence-corrected chi connectivity index (χ3v) is 2.88. The first-order valence-corrected chi connectivity index (χ1v) is 6.84. The van der Waals surface area contributed by atoms with Gasteiger partial charge < -0.3 is 15.3 Å². The van der Waals surface area contributed by atoms with Gasteiger partial charge in [0.1, 0.15) is 12.6 Å². The van der Waals surface area contributed by atoms with Crippen LogP contribution in [0.5, 0.6) is 0 Å². The van der Waals surface area contributed by atoms with Crippen molar-refractivity contribution in [2.75, 3.05) is 14.1 Å². The molecule has 1 atom stereocenters. The predicted molar refractivity (Wildman–Crippen MR) is 77.1 cm³/mol. The predicted octanol–water partition coefficient (Wildman–Crippen LogP) is -0.405. The first-order chi connectivity index (χ1) is 10.2. The molecule has 9 heteroatoms. The highest BCUT2D eigenvalue weighted by Gasteiger charge is 2.23. The molecule has 2 N–H and O–H groups in total. The summed E-state index contributed by atoms with van der Waals surface area (Å²) in [5.41, 5.74) is -0.0263. The number of likely N-dealkylation sites (N-methyl/N-ethyl adjacent to an activating group) is 1. The van der Waals surface area contributed by atoms with Crippen molar-refractivity contribution in [3.05, 3.63) is 11.9 Å². The highest BCUT2D eigenvalue weighted by molar-refractivity contribution is 5.94. The van der Waals surface area contributed by atoms with Gasteiger partial charge in [-0.15, -0.1) is 5.10 Å². The normalized spacial score (nSPS) is 12.0. The Bertz CT molecular complexity index is 552. The molecule has 0 spiro atoms. The molecule has 0 saturated carbocycles. The zero-order valence-corrected chi connectivity index (χ0v) is 13.1. The lowest BCUT2D eigenvalue weighted by Crippen LogP contribution is -2.41. The van der Waals surface area contributed by atoms with Gasteiger partial charge in [-0.05, 0) is 12.3 Å². The van der Waals surface area contributed by atoms with Gasteiger partial charge in [0.05, 0.1) is 6.20 Å². The zero-order valence-electron chi connectivity index (χ0n) is 13.1. The van der Waals surface area contributed by atoms with Gasteiger partial charge in [-0.3, -0.25) is 9.59 Å². The number of rotatable bonds is 7. The minimum absolute atomic E-state index is 0.0263. The molecule has 1 heterocycles. The molecule has 0 unspecified atom stereocenters. The number of nitrogens with zero attached hydrogens (tertiary/aromatic N) is 4. The van der Waals surface area contributed by atoms with E-state index in [1.807, 2.05) is 13.8 Å². The van der Waals surface area contributed by atoms with E-state index in [4.69, 9.17) is 5.11 Å². The van der Waals surface area contributed by atoms with E-state index in [1.54, 1.807) is 14.1 Å². The number of hydrogen-bond acceptors (Lipinski definition) is 5. The molecule has 0 aliphatic rings. The summed E-state index contributed by atoms with van der Waals surface area (Å²) in [7, 11) is 3.21. The van der Waals surface area contributed by atoms with E-state index in [2.05, 4.69) is 15.6 Å². The highest BCUT2D eigenvalue weighted by atomic mass is 16.4. The van der Waals surface area contributed by atoms with E-state index >= 15 is 0 Å². The van der Waals surface area contributed by atoms with Crippen molar-refractivity contribution in [1.82, 2.24) is 25.2 Å². The Morgan fingerprint density at radius 3 is 2.50 bits per heavy atom. The van der Waals surface area contributed by atoms with Crippen LogP contribution < -0.4 is 5.32 Å². The Kier molecular flexibility index (Phi) is 6.02. The maximum absolute atomic E-state index is 12.0. The number of nitrogens with one attached hydrogen (secondary N) is 1. The Balaban J connectivity index is 2.71. The van der Waals surface area contributed by atoms with E-state index in [1.165, 1.54) is 15.8 Å². The van der Waals surface area contributed by atoms with Gasteiger partial charge in [0.2, 0.25) is 5.91 Å². The fourth-order valence-corrected chi connectivity index (χ4v) is 1.68. The molecule has 122 valence electrons. The van der Waals surface area contributed by atoms with Crippen LogP contribution >= 0.6 is 0 Å². The number of carbonyl (C=O) groups is 3. The van der Waals surface area contributed by atoms with Gasteiger partial charge >= 0.3 is 5.97 Å². The molecule has 1 aromatic rings. The highest BCUT2D eigenvalue weighted by Crippen LogP contribution is 2.06. The van der Waals surface area contributed by atoms with Crippen molar-refractivity contribution in [2.45, 2.75) is 32.9 Å². The SMILES string of the molecule is CC(C)C[C@@H](NC(=O)c1cn(CC(=O)N(C)C)nn1)C(=O)O. The van der Waals surface area contributed by atoms with E-state index in [0.29, 0.717) is 6.42 Å². The maximum atomic E-state index is 12.0. The third-order valence-electron chi connectivity index (χ3n) is 2.88. The second kappa shape index (κ2) is 7.53. The number of carboxylic acid groups (broad SMARTS) is 1. The summed E-state index contributed by atoms with van der Waals surface area (Å²) in [5, 5.41) is 18.8. The van der Waals surface area contributed by atoms with Crippen LogP contribution in [-0.2, 0) is 16.1 Å². The minimum Gasteiger partial charge on any atom is -0.480 e. The zero-order chi connectivity index (χ0) is 16.9. The molecule has 0 radical (unpaired) electrons. The molecular weight excluding hydrogens is 290 g/mol. The average Bonchev–Trinajstić information content (AvgIpc) is 2.85. The van der Waals surface area contributed by atoms with Gasteiger partial charge in [-0.25, -0.2) is 9.48 Å². The molecule has 1 aromatic heterocycles. The van der Waals surface area contributed by atoms with Crippen LogP contribution in [0.25, 0.3) is 0 Å². The molecule has 1 rings (SSSR count). The maximum Gasteiger partial charge on any atom is 0.326 e. The quantitative estimate of drug-likeness (QED) is 0.707. The number of carbonyl (C=O) groups excluding carboxylic acids is 2. The van der Waals surface area contributed by atoms with Crippen LogP contribution in [0.2, 0.25) is 0 Å². The second-order valence-electron chi connectivity index (χ2n) is 5.58. The molecule has 0 bridgehead atoms. The van der Waals surface area contributed by atoms with Gasteiger partial charge in [0.25, 0.3) is 5.91 Å². The first-order valence-electron chi connectivity index (χ1n) is 6.84. The van der Waals surface area contributed by atoms with E-state index in [0.717, 1.165) is 0 Å². The smallest absolute Gasteiger partial charge is 0.326 e.